The molecule has 0 aliphatic carbocycles. The van der Waals surface area contributed by atoms with Gasteiger partial charge in [0.15, 0.2) is 5.65 Å². The highest BCUT2D eigenvalue weighted by Gasteiger charge is 2.12. The van der Waals surface area contributed by atoms with Gasteiger partial charge in [0.05, 0.1) is 23.8 Å². The fraction of sp³-hybridized carbons (Fsp3) is 0.222. The van der Waals surface area contributed by atoms with Crippen LogP contribution in [0.5, 0.6) is 0 Å². The van der Waals surface area contributed by atoms with Crippen LogP contribution in [0, 0.1) is 6.92 Å². The second-order valence-corrected chi connectivity index (χ2v) is 5.86. The molecule has 6 nitrogen and oxygen atoms in total. The standard InChI is InChI=1S/C18H17N5O/c1-3-16(24)15-4-10(2)12(7-20-15)14-5-11-6-21-18-17(22-9-23-18)13(11)8-19-14/h4-9,16,24H,3H2,1-2H3,(H,21,22,23)/t16-/m0/s1. The first kappa shape index (κ1) is 14.7. The number of aromatic nitrogens is 5. The minimum atomic E-state index is -0.528. The first-order valence-corrected chi connectivity index (χ1v) is 7.90. The van der Waals surface area contributed by atoms with Gasteiger partial charge in [-0.1, -0.05) is 6.92 Å². The Kier molecular flexibility index (Phi) is 3.46. The molecule has 0 amide bonds. The maximum absolute atomic E-state index is 9.94. The number of aromatic amines is 1. The molecule has 0 aliphatic rings. The van der Waals surface area contributed by atoms with E-state index < -0.39 is 6.10 Å². The number of nitrogens with one attached hydrogen (secondary N) is 1. The highest BCUT2D eigenvalue weighted by Crippen LogP contribution is 2.28. The van der Waals surface area contributed by atoms with E-state index >= 15 is 0 Å². The number of hydrogen-bond acceptors (Lipinski definition) is 5. The summed E-state index contributed by atoms with van der Waals surface area (Å²) in [5, 5.41) is 11.9. The Hall–Kier alpha value is -2.86. The molecule has 0 saturated heterocycles. The summed E-state index contributed by atoms with van der Waals surface area (Å²) in [6.07, 6.45) is 7.17. The molecule has 1 atom stereocenters. The van der Waals surface area contributed by atoms with Gasteiger partial charge in [0, 0.05) is 34.9 Å². The van der Waals surface area contributed by atoms with Crippen molar-refractivity contribution in [3.8, 4) is 11.3 Å². The molecule has 0 spiro atoms. The molecule has 4 aromatic rings. The molecule has 0 aliphatic heterocycles. The van der Waals surface area contributed by atoms with E-state index in [1.54, 1.807) is 12.5 Å². The summed E-state index contributed by atoms with van der Waals surface area (Å²) in [4.78, 5) is 20.7. The third-order valence-electron chi connectivity index (χ3n) is 4.28. The molecule has 4 heterocycles. The lowest BCUT2D eigenvalue weighted by atomic mass is 10.0. The SMILES string of the molecule is CC[C@H](O)c1cc(C)c(-c2cc3cnc4[nH]cnc4c3cn2)cn1. The minimum Gasteiger partial charge on any atom is -0.387 e. The average Bonchev–Trinajstić information content (AvgIpc) is 3.09. The molecule has 120 valence electrons. The molecule has 0 saturated carbocycles. The number of aliphatic hydroxyl groups is 1. The normalized spacial score (nSPS) is 12.8. The van der Waals surface area contributed by atoms with Crippen molar-refractivity contribution in [2.75, 3.05) is 0 Å². The number of imidazole rings is 1. The van der Waals surface area contributed by atoms with E-state index in [1.165, 1.54) is 0 Å². The van der Waals surface area contributed by atoms with Gasteiger partial charge in [0.25, 0.3) is 0 Å². The number of aliphatic hydroxyl groups excluding tert-OH is 1. The van der Waals surface area contributed by atoms with Crippen LogP contribution in [0.25, 0.3) is 33.2 Å². The van der Waals surface area contributed by atoms with Crippen molar-refractivity contribution < 1.29 is 5.11 Å². The van der Waals surface area contributed by atoms with E-state index in [2.05, 4.69) is 24.9 Å². The Morgan fingerprint density at radius 3 is 2.75 bits per heavy atom. The largest absolute Gasteiger partial charge is 0.387 e. The maximum atomic E-state index is 9.94. The molecule has 0 unspecified atom stereocenters. The Bertz CT molecular complexity index is 1040. The zero-order valence-electron chi connectivity index (χ0n) is 13.5. The van der Waals surface area contributed by atoms with Gasteiger partial charge < -0.3 is 10.1 Å². The molecular weight excluding hydrogens is 302 g/mol. The third-order valence-corrected chi connectivity index (χ3v) is 4.28. The third kappa shape index (κ3) is 2.32. The minimum absolute atomic E-state index is 0.528. The van der Waals surface area contributed by atoms with Crippen molar-refractivity contribution in [2.24, 2.45) is 0 Å². The van der Waals surface area contributed by atoms with Crippen molar-refractivity contribution in [3.63, 3.8) is 0 Å². The Morgan fingerprint density at radius 2 is 1.96 bits per heavy atom. The van der Waals surface area contributed by atoms with Crippen LogP contribution in [0.2, 0.25) is 0 Å². The topological polar surface area (TPSA) is 87.6 Å². The molecule has 0 aromatic carbocycles. The lowest BCUT2D eigenvalue weighted by Gasteiger charge is -2.11. The summed E-state index contributed by atoms with van der Waals surface area (Å²) in [5.74, 6) is 0. The molecular formula is C18H17N5O. The van der Waals surface area contributed by atoms with E-state index in [4.69, 9.17) is 0 Å². The lowest BCUT2D eigenvalue weighted by molar-refractivity contribution is 0.169. The number of pyridine rings is 3. The van der Waals surface area contributed by atoms with Crippen LogP contribution in [0.1, 0.15) is 30.7 Å². The van der Waals surface area contributed by atoms with Crippen LogP contribution in [0.3, 0.4) is 0 Å². The first-order valence-electron chi connectivity index (χ1n) is 7.90. The lowest BCUT2D eigenvalue weighted by Crippen LogP contribution is -2.00. The number of hydrogen-bond donors (Lipinski definition) is 2. The number of H-pyrrole nitrogens is 1. The van der Waals surface area contributed by atoms with Gasteiger partial charge in [0.1, 0.15) is 5.52 Å². The zero-order chi connectivity index (χ0) is 16.7. The molecule has 0 fully saturated rings. The second-order valence-electron chi connectivity index (χ2n) is 5.86. The Labute approximate surface area is 138 Å². The fourth-order valence-electron chi connectivity index (χ4n) is 2.88. The second kappa shape index (κ2) is 5.65. The predicted molar refractivity (Wildman–Crippen MR) is 92.4 cm³/mol. The van der Waals surface area contributed by atoms with Gasteiger partial charge in [-0.2, -0.15) is 0 Å². The Balaban J connectivity index is 1.83. The van der Waals surface area contributed by atoms with E-state index in [9.17, 15) is 5.11 Å². The molecule has 6 heteroatoms. The van der Waals surface area contributed by atoms with Crippen molar-refractivity contribution in [3.05, 3.63) is 48.3 Å². The van der Waals surface area contributed by atoms with E-state index in [-0.39, 0.29) is 0 Å². The summed E-state index contributed by atoms with van der Waals surface area (Å²) < 4.78 is 0. The van der Waals surface area contributed by atoms with Gasteiger partial charge in [-0.3, -0.25) is 9.97 Å². The molecule has 0 radical (unpaired) electrons. The summed E-state index contributed by atoms with van der Waals surface area (Å²) >= 11 is 0. The van der Waals surface area contributed by atoms with Gasteiger partial charge in [0.2, 0.25) is 0 Å². The van der Waals surface area contributed by atoms with Crippen molar-refractivity contribution in [1.29, 1.82) is 0 Å². The zero-order valence-corrected chi connectivity index (χ0v) is 13.5. The van der Waals surface area contributed by atoms with Gasteiger partial charge in [-0.25, -0.2) is 9.97 Å². The van der Waals surface area contributed by atoms with E-state index in [1.807, 2.05) is 38.4 Å². The van der Waals surface area contributed by atoms with Crippen LogP contribution in [0.4, 0.5) is 0 Å². The highest BCUT2D eigenvalue weighted by molar-refractivity contribution is 6.02. The smallest absolute Gasteiger partial charge is 0.157 e. The summed E-state index contributed by atoms with van der Waals surface area (Å²) in [7, 11) is 0. The monoisotopic (exact) mass is 319 g/mol. The molecule has 4 aromatic heterocycles. The molecule has 2 N–H and O–H groups in total. The van der Waals surface area contributed by atoms with Crippen molar-refractivity contribution in [2.45, 2.75) is 26.4 Å². The van der Waals surface area contributed by atoms with Crippen LogP contribution < -0.4 is 0 Å². The van der Waals surface area contributed by atoms with Crippen LogP contribution >= 0.6 is 0 Å². The van der Waals surface area contributed by atoms with Crippen LogP contribution in [-0.2, 0) is 0 Å². The molecule has 24 heavy (non-hydrogen) atoms. The average molecular weight is 319 g/mol. The van der Waals surface area contributed by atoms with Gasteiger partial charge in [-0.15, -0.1) is 0 Å². The number of nitrogens with zero attached hydrogens (tertiary/aromatic N) is 4. The van der Waals surface area contributed by atoms with Gasteiger partial charge in [-0.05, 0) is 31.0 Å². The van der Waals surface area contributed by atoms with Crippen LogP contribution in [0.15, 0.2) is 37.1 Å². The number of aryl methyl sites for hydroxylation is 1. The van der Waals surface area contributed by atoms with Crippen molar-refractivity contribution in [1.82, 2.24) is 24.9 Å². The summed E-state index contributed by atoms with van der Waals surface area (Å²) in [6, 6.07) is 3.92. The van der Waals surface area contributed by atoms with E-state index in [0.29, 0.717) is 12.1 Å². The summed E-state index contributed by atoms with van der Waals surface area (Å²) in [5.41, 5.74) is 5.09. The maximum Gasteiger partial charge on any atom is 0.157 e. The summed E-state index contributed by atoms with van der Waals surface area (Å²) in [6.45, 7) is 3.94. The molecule has 0 bridgehead atoms. The van der Waals surface area contributed by atoms with Crippen LogP contribution in [-0.4, -0.2) is 30.0 Å². The number of fused-ring (bicyclic) bond motifs is 3. The predicted octanol–water partition coefficient (Wildman–Crippen LogP) is 3.32. The Morgan fingerprint density at radius 1 is 1.08 bits per heavy atom. The van der Waals surface area contributed by atoms with Crippen molar-refractivity contribution >= 4 is 21.9 Å². The molecule has 4 rings (SSSR count). The first-order chi connectivity index (χ1) is 11.7. The van der Waals surface area contributed by atoms with E-state index in [0.717, 1.165) is 38.8 Å². The number of rotatable bonds is 3. The fourth-order valence-corrected chi connectivity index (χ4v) is 2.88. The van der Waals surface area contributed by atoms with Gasteiger partial charge >= 0.3 is 0 Å². The highest BCUT2D eigenvalue weighted by atomic mass is 16.3. The quantitative estimate of drug-likeness (QED) is 0.605.